The molecule has 0 aliphatic carbocycles. The van der Waals surface area contributed by atoms with Crippen molar-refractivity contribution in [2.45, 2.75) is 3.79 Å². The minimum atomic E-state index is -1.69. The van der Waals surface area contributed by atoms with E-state index < -0.39 is 21.8 Å². The van der Waals surface area contributed by atoms with Crippen LogP contribution in [0.1, 0.15) is 5.56 Å². The maximum atomic E-state index is 11.3. The number of hydrogen-bond donors (Lipinski definition) is 0. The summed E-state index contributed by atoms with van der Waals surface area (Å²) in [6, 6.07) is 6.26. The number of alkyl halides is 3. The fourth-order valence-corrected chi connectivity index (χ4v) is 1.30. The highest BCUT2D eigenvalue weighted by molar-refractivity contribution is 6.67. The summed E-state index contributed by atoms with van der Waals surface area (Å²) in [6.07, 6.45) is 1.73. The molecule has 0 heterocycles. The number of halogens is 4. The van der Waals surface area contributed by atoms with Gasteiger partial charge in [-0.3, -0.25) is 4.79 Å². The average Bonchev–Trinajstić information content (AvgIpc) is 2.35. The zero-order valence-electron chi connectivity index (χ0n) is 9.82. The number of hydrogen-bond acceptors (Lipinski definition) is 4. The summed E-state index contributed by atoms with van der Waals surface area (Å²) < 4.78 is 7.73. The predicted molar refractivity (Wildman–Crippen MR) is 78.6 cm³/mol. The lowest BCUT2D eigenvalue weighted by molar-refractivity contribution is -0.107. The highest BCUT2D eigenvalue weighted by Crippen LogP contribution is 2.26. The Balaban J connectivity index is 2.53. The van der Waals surface area contributed by atoms with E-state index in [4.69, 9.17) is 51.1 Å². The van der Waals surface area contributed by atoms with Gasteiger partial charge >= 0.3 is 6.16 Å². The van der Waals surface area contributed by atoms with Crippen LogP contribution in [0.3, 0.4) is 0 Å². The fourth-order valence-electron chi connectivity index (χ4n) is 1.08. The molecule has 0 aliphatic rings. The number of allylic oxidation sites excluding steroid dienone is 1. The van der Waals surface area contributed by atoms with Gasteiger partial charge in [-0.2, -0.15) is 0 Å². The topological polar surface area (TPSA) is 52.6 Å². The molecular weight excluding hydrogens is 350 g/mol. The van der Waals surface area contributed by atoms with Crippen LogP contribution >= 0.6 is 46.4 Å². The Hall–Kier alpha value is -0.940. The summed E-state index contributed by atoms with van der Waals surface area (Å²) in [6.45, 7) is -0.421. The molecule has 0 saturated heterocycles. The number of benzene rings is 1. The van der Waals surface area contributed by atoms with E-state index in [0.717, 1.165) is 0 Å². The Morgan fingerprint density at radius 2 is 1.75 bits per heavy atom. The Labute approximate surface area is 135 Å². The molecule has 0 spiro atoms. The molecule has 4 nitrogen and oxygen atoms in total. The molecule has 0 radical (unpaired) electrons. The van der Waals surface area contributed by atoms with Crippen LogP contribution in [0.25, 0.3) is 6.08 Å². The van der Waals surface area contributed by atoms with Crippen molar-refractivity contribution >= 4 is 63.9 Å². The fraction of sp³-hybridized carbons (Fsp3) is 0.167. The molecule has 1 aromatic rings. The van der Waals surface area contributed by atoms with E-state index in [1.807, 2.05) is 0 Å². The van der Waals surface area contributed by atoms with Crippen molar-refractivity contribution in [3.05, 3.63) is 35.9 Å². The molecule has 1 rings (SSSR count). The van der Waals surface area contributed by atoms with Gasteiger partial charge in [-0.25, -0.2) is 4.79 Å². The molecule has 0 saturated carbocycles. The van der Waals surface area contributed by atoms with Crippen LogP contribution in [-0.2, 0) is 9.53 Å². The summed E-state index contributed by atoms with van der Waals surface area (Å²) in [5.41, 5.74) is 0.709. The first-order valence-electron chi connectivity index (χ1n) is 5.15. The second kappa shape index (κ2) is 7.74. The zero-order chi connectivity index (χ0) is 15.2. The minimum Gasteiger partial charge on any atom is -0.429 e. The lowest BCUT2D eigenvalue weighted by atomic mass is 10.2. The maximum absolute atomic E-state index is 11.3. The quantitative estimate of drug-likeness (QED) is 0.264. The molecule has 0 fully saturated rings. The van der Waals surface area contributed by atoms with Crippen LogP contribution in [0.2, 0.25) is 0 Å². The summed E-state index contributed by atoms with van der Waals surface area (Å²) in [4.78, 5) is 21.8. The van der Waals surface area contributed by atoms with Crippen LogP contribution in [0.15, 0.2) is 30.3 Å². The smallest absolute Gasteiger partial charge is 0.429 e. The van der Waals surface area contributed by atoms with Gasteiger partial charge in [-0.1, -0.05) is 53.0 Å². The first kappa shape index (κ1) is 17.1. The van der Waals surface area contributed by atoms with Gasteiger partial charge < -0.3 is 9.47 Å². The molecule has 0 bridgehead atoms. The summed E-state index contributed by atoms with van der Waals surface area (Å²) in [5.74, 6) is 0.244. The van der Waals surface area contributed by atoms with Crippen molar-refractivity contribution in [2.24, 2.45) is 0 Å². The van der Waals surface area contributed by atoms with Gasteiger partial charge in [0.15, 0.2) is 0 Å². The van der Waals surface area contributed by atoms with Crippen molar-refractivity contribution in [3.63, 3.8) is 0 Å². The Kier molecular flexibility index (Phi) is 6.62. The average molecular weight is 358 g/mol. The van der Waals surface area contributed by atoms with E-state index >= 15 is 0 Å². The Morgan fingerprint density at radius 1 is 1.15 bits per heavy atom. The number of carbonyl (C=O) groups excluding carboxylic acids is 2. The van der Waals surface area contributed by atoms with Crippen molar-refractivity contribution in [1.29, 1.82) is 0 Å². The van der Waals surface area contributed by atoms with Gasteiger partial charge in [0.1, 0.15) is 12.4 Å². The Bertz CT molecular complexity index is 505. The predicted octanol–water partition coefficient (Wildman–Crippen LogP) is 4.35. The molecule has 1 aromatic carbocycles. The molecule has 108 valence electrons. The van der Waals surface area contributed by atoms with Gasteiger partial charge in [0, 0.05) is 0 Å². The van der Waals surface area contributed by atoms with Crippen molar-refractivity contribution in [2.75, 3.05) is 6.61 Å². The first-order valence-corrected chi connectivity index (χ1v) is 6.66. The van der Waals surface area contributed by atoms with Gasteiger partial charge in [0.25, 0.3) is 0 Å². The van der Waals surface area contributed by atoms with E-state index in [0.29, 0.717) is 5.56 Å². The SMILES string of the molecule is O=C(Cl)/C=C/c1ccc(OC(=O)OCC(Cl)(Cl)Cl)cc1. The molecule has 0 amide bonds. The molecule has 0 N–H and O–H groups in total. The van der Waals surface area contributed by atoms with Crippen LogP contribution in [0, 0.1) is 0 Å². The standard InChI is InChI=1S/C12H8Cl4O4/c13-10(17)6-3-8-1-4-9(5-2-8)20-11(18)19-7-12(14,15)16/h1-6H,7H2/b6-3+. The number of carbonyl (C=O) groups is 2. The minimum absolute atomic E-state index is 0.244. The molecule has 0 aromatic heterocycles. The molecule has 0 atom stereocenters. The van der Waals surface area contributed by atoms with Gasteiger partial charge in [-0.05, 0) is 35.4 Å². The van der Waals surface area contributed by atoms with Crippen molar-refractivity contribution in [3.8, 4) is 5.75 Å². The normalized spacial score (nSPS) is 11.4. The molecule has 0 aliphatic heterocycles. The largest absolute Gasteiger partial charge is 0.513 e. The van der Waals surface area contributed by atoms with Crippen molar-refractivity contribution < 1.29 is 19.1 Å². The second-order valence-electron chi connectivity index (χ2n) is 3.46. The highest BCUT2D eigenvalue weighted by Gasteiger charge is 2.22. The third-order valence-electron chi connectivity index (χ3n) is 1.84. The molecule has 8 heteroatoms. The first-order chi connectivity index (χ1) is 9.26. The van der Waals surface area contributed by atoms with E-state index in [-0.39, 0.29) is 5.75 Å². The highest BCUT2D eigenvalue weighted by atomic mass is 35.6. The van der Waals surface area contributed by atoms with Crippen LogP contribution in [-0.4, -0.2) is 21.8 Å². The maximum Gasteiger partial charge on any atom is 0.513 e. The third-order valence-corrected chi connectivity index (χ3v) is 2.30. The van der Waals surface area contributed by atoms with E-state index in [2.05, 4.69) is 4.74 Å². The van der Waals surface area contributed by atoms with Crippen LogP contribution in [0.5, 0.6) is 5.75 Å². The van der Waals surface area contributed by atoms with E-state index in [9.17, 15) is 9.59 Å². The van der Waals surface area contributed by atoms with Gasteiger partial charge in [0.05, 0.1) is 0 Å². The molecule has 0 unspecified atom stereocenters. The van der Waals surface area contributed by atoms with Crippen LogP contribution < -0.4 is 4.74 Å². The van der Waals surface area contributed by atoms with Crippen molar-refractivity contribution in [1.82, 2.24) is 0 Å². The van der Waals surface area contributed by atoms with E-state index in [1.165, 1.54) is 24.3 Å². The number of rotatable bonds is 4. The lowest BCUT2D eigenvalue weighted by Crippen LogP contribution is -2.19. The Morgan fingerprint density at radius 3 is 2.25 bits per heavy atom. The van der Waals surface area contributed by atoms with Crippen LogP contribution in [0.4, 0.5) is 4.79 Å². The molecular formula is C12H8Cl4O4. The summed E-state index contributed by atoms with van der Waals surface area (Å²) in [7, 11) is 0. The zero-order valence-corrected chi connectivity index (χ0v) is 12.8. The summed E-state index contributed by atoms with van der Waals surface area (Å²) >= 11 is 21.4. The third kappa shape index (κ3) is 7.60. The summed E-state index contributed by atoms with van der Waals surface area (Å²) in [5, 5.41) is -0.583. The van der Waals surface area contributed by atoms with Gasteiger partial charge in [0.2, 0.25) is 9.03 Å². The van der Waals surface area contributed by atoms with E-state index in [1.54, 1.807) is 12.1 Å². The lowest BCUT2D eigenvalue weighted by Gasteiger charge is -2.11. The second-order valence-corrected chi connectivity index (χ2v) is 6.35. The number of ether oxygens (including phenoxy) is 2. The monoisotopic (exact) mass is 356 g/mol. The molecule has 20 heavy (non-hydrogen) atoms. The van der Waals surface area contributed by atoms with Gasteiger partial charge in [-0.15, -0.1) is 0 Å².